The normalized spacial score (nSPS) is 18.2. The topological polar surface area (TPSA) is 62.2 Å². The van der Waals surface area contributed by atoms with Crippen LogP contribution in [-0.2, 0) is 0 Å². The molecule has 2 rings (SSSR count). The van der Waals surface area contributed by atoms with E-state index < -0.39 is 5.97 Å². The fraction of sp³-hybridized carbons (Fsp3) is 0.667. The number of hydrogen-bond donors (Lipinski definition) is 2. The third kappa shape index (κ3) is 2.77. The molecule has 2 N–H and O–H groups in total. The van der Waals surface area contributed by atoms with Crippen LogP contribution in [0.2, 0.25) is 0 Å². The molecule has 1 saturated carbocycles. The highest BCUT2D eigenvalue weighted by atomic mass is 32.1. The zero-order chi connectivity index (χ0) is 12.3. The molecule has 0 atom stereocenters. The predicted molar refractivity (Wildman–Crippen MR) is 68.8 cm³/mol. The number of carbonyl (C=O) groups is 1. The lowest BCUT2D eigenvalue weighted by molar-refractivity contribution is 0.0702. The van der Waals surface area contributed by atoms with Gasteiger partial charge in [-0.05, 0) is 24.7 Å². The van der Waals surface area contributed by atoms with Gasteiger partial charge in [-0.25, -0.2) is 9.78 Å². The summed E-state index contributed by atoms with van der Waals surface area (Å²) in [5.41, 5.74) is 0.398. The van der Waals surface area contributed by atoms with E-state index in [0.717, 1.165) is 11.7 Å². The molecule has 1 aromatic heterocycles. The molecule has 0 aliphatic heterocycles. The Morgan fingerprint density at radius 3 is 2.82 bits per heavy atom. The minimum absolute atomic E-state index is 0.296. The van der Waals surface area contributed by atoms with E-state index in [9.17, 15) is 4.79 Å². The molecule has 1 aliphatic rings. The van der Waals surface area contributed by atoms with Crippen molar-refractivity contribution in [1.29, 1.82) is 0 Å². The summed E-state index contributed by atoms with van der Waals surface area (Å²) in [5.74, 6) is -0.901. The number of aromatic carboxylic acids is 1. The number of aromatic nitrogens is 1. The van der Waals surface area contributed by atoms with Gasteiger partial charge in [0.15, 0.2) is 5.13 Å². The fourth-order valence-corrected chi connectivity index (χ4v) is 3.15. The smallest absolute Gasteiger partial charge is 0.347 e. The van der Waals surface area contributed by atoms with Crippen LogP contribution in [0.5, 0.6) is 0 Å². The maximum Gasteiger partial charge on any atom is 0.347 e. The van der Waals surface area contributed by atoms with Crippen molar-refractivity contribution in [1.82, 2.24) is 4.98 Å². The van der Waals surface area contributed by atoms with Crippen LogP contribution in [0.4, 0.5) is 5.13 Å². The highest BCUT2D eigenvalue weighted by molar-refractivity contribution is 7.17. The molecule has 1 aromatic rings. The Morgan fingerprint density at radius 2 is 2.29 bits per heavy atom. The van der Waals surface area contributed by atoms with Crippen LogP contribution in [0.25, 0.3) is 0 Å². The van der Waals surface area contributed by atoms with Crippen molar-refractivity contribution in [3.8, 4) is 0 Å². The van der Waals surface area contributed by atoms with E-state index in [4.69, 9.17) is 5.11 Å². The Bertz CT molecular complexity index is 397. The molecule has 0 unspecified atom stereocenters. The highest BCUT2D eigenvalue weighted by Gasteiger charge is 2.31. The van der Waals surface area contributed by atoms with Crippen LogP contribution in [0, 0.1) is 5.41 Å². The first-order chi connectivity index (χ1) is 8.15. The van der Waals surface area contributed by atoms with Crippen LogP contribution in [0.1, 0.15) is 48.7 Å². The van der Waals surface area contributed by atoms with E-state index in [1.165, 1.54) is 49.6 Å². The summed E-state index contributed by atoms with van der Waals surface area (Å²) in [6, 6.07) is 0. The average Bonchev–Trinajstić information content (AvgIpc) is 2.96. The van der Waals surface area contributed by atoms with Crippen molar-refractivity contribution >= 4 is 22.4 Å². The van der Waals surface area contributed by atoms with Gasteiger partial charge in [0.05, 0.1) is 6.20 Å². The number of carboxylic acid groups (broad SMARTS) is 1. The summed E-state index contributed by atoms with van der Waals surface area (Å²) in [6.45, 7) is 3.15. The van der Waals surface area contributed by atoms with E-state index in [-0.39, 0.29) is 0 Å². The first kappa shape index (κ1) is 12.4. The molecule has 5 heteroatoms. The van der Waals surface area contributed by atoms with Gasteiger partial charge >= 0.3 is 5.97 Å². The quantitative estimate of drug-likeness (QED) is 0.847. The summed E-state index contributed by atoms with van der Waals surface area (Å²) < 4.78 is 0. The molecular formula is C12H18N2O2S. The average molecular weight is 254 g/mol. The zero-order valence-corrected chi connectivity index (χ0v) is 10.8. The van der Waals surface area contributed by atoms with Crippen molar-refractivity contribution in [3.63, 3.8) is 0 Å². The monoisotopic (exact) mass is 254 g/mol. The first-order valence-electron chi connectivity index (χ1n) is 6.08. The Morgan fingerprint density at radius 1 is 1.59 bits per heavy atom. The Kier molecular flexibility index (Phi) is 3.66. The maximum absolute atomic E-state index is 10.7. The number of nitrogens with zero attached hydrogens (tertiary/aromatic N) is 1. The van der Waals surface area contributed by atoms with Gasteiger partial charge in [-0.2, -0.15) is 0 Å². The van der Waals surface area contributed by atoms with Crippen molar-refractivity contribution in [2.75, 3.05) is 11.9 Å². The molecule has 17 heavy (non-hydrogen) atoms. The number of carboxylic acids is 1. The SMILES string of the molecule is CCC1(CNc2ncc(C(=O)O)s2)CCCC1. The number of rotatable bonds is 5. The number of anilines is 1. The van der Waals surface area contributed by atoms with Gasteiger partial charge < -0.3 is 10.4 Å². The van der Waals surface area contributed by atoms with Crippen LogP contribution >= 0.6 is 11.3 Å². The van der Waals surface area contributed by atoms with Gasteiger partial charge in [0.25, 0.3) is 0 Å². The molecule has 4 nitrogen and oxygen atoms in total. The molecule has 1 fully saturated rings. The van der Waals surface area contributed by atoms with Crippen LogP contribution < -0.4 is 5.32 Å². The fourth-order valence-electron chi connectivity index (χ4n) is 2.50. The van der Waals surface area contributed by atoms with Crippen molar-refractivity contribution in [2.24, 2.45) is 5.41 Å². The lowest BCUT2D eigenvalue weighted by atomic mass is 9.83. The van der Waals surface area contributed by atoms with Crippen molar-refractivity contribution in [3.05, 3.63) is 11.1 Å². The molecule has 0 bridgehead atoms. The highest BCUT2D eigenvalue weighted by Crippen LogP contribution is 2.41. The second kappa shape index (κ2) is 5.04. The predicted octanol–water partition coefficient (Wildman–Crippen LogP) is 3.22. The summed E-state index contributed by atoms with van der Waals surface area (Å²) in [5, 5.41) is 12.8. The Balaban J connectivity index is 1.94. The summed E-state index contributed by atoms with van der Waals surface area (Å²) in [6.07, 6.45) is 7.77. The summed E-state index contributed by atoms with van der Waals surface area (Å²) in [7, 11) is 0. The summed E-state index contributed by atoms with van der Waals surface area (Å²) in [4.78, 5) is 15.1. The largest absolute Gasteiger partial charge is 0.477 e. The number of nitrogens with one attached hydrogen (secondary N) is 1. The molecule has 0 spiro atoms. The number of hydrogen-bond acceptors (Lipinski definition) is 4. The minimum atomic E-state index is -0.901. The van der Waals surface area contributed by atoms with E-state index in [1.54, 1.807) is 0 Å². The third-order valence-electron chi connectivity index (χ3n) is 3.75. The van der Waals surface area contributed by atoms with E-state index >= 15 is 0 Å². The van der Waals surface area contributed by atoms with Crippen molar-refractivity contribution in [2.45, 2.75) is 39.0 Å². The van der Waals surface area contributed by atoms with Gasteiger partial charge in [0, 0.05) is 6.54 Å². The van der Waals surface area contributed by atoms with Gasteiger partial charge in [-0.15, -0.1) is 0 Å². The molecule has 1 heterocycles. The van der Waals surface area contributed by atoms with Gasteiger partial charge in [0.2, 0.25) is 0 Å². The zero-order valence-electron chi connectivity index (χ0n) is 10.0. The van der Waals surface area contributed by atoms with Gasteiger partial charge in [0.1, 0.15) is 4.88 Å². The minimum Gasteiger partial charge on any atom is -0.477 e. The third-order valence-corrected chi connectivity index (χ3v) is 4.69. The molecule has 0 aromatic carbocycles. The number of thiazole rings is 1. The second-order valence-electron chi connectivity index (χ2n) is 4.75. The van der Waals surface area contributed by atoms with Crippen LogP contribution in [-0.4, -0.2) is 22.6 Å². The maximum atomic E-state index is 10.7. The van der Waals surface area contributed by atoms with E-state index in [0.29, 0.717) is 10.3 Å². The lowest BCUT2D eigenvalue weighted by Gasteiger charge is -2.27. The molecule has 0 radical (unpaired) electrons. The molecule has 0 amide bonds. The Hall–Kier alpha value is -1.10. The molecular weight excluding hydrogens is 236 g/mol. The molecule has 94 valence electrons. The Labute approximate surface area is 105 Å². The van der Waals surface area contributed by atoms with E-state index in [1.807, 2.05) is 0 Å². The molecule has 0 saturated heterocycles. The van der Waals surface area contributed by atoms with Crippen LogP contribution in [0.3, 0.4) is 0 Å². The van der Waals surface area contributed by atoms with E-state index in [2.05, 4.69) is 17.2 Å². The van der Waals surface area contributed by atoms with Crippen molar-refractivity contribution < 1.29 is 9.90 Å². The molecule has 1 aliphatic carbocycles. The van der Waals surface area contributed by atoms with Gasteiger partial charge in [-0.1, -0.05) is 31.1 Å². The summed E-state index contributed by atoms with van der Waals surface area (Å²) >= 11 is 1.21. The van der Waals surface area contributed by atoms with Crippen LogP contribution in [0.15, 0.2) is 6.20 Å². The van der Waals surface area contributed by atoms with Gasteiger partial charge in [-0.3, -0.25) is 0 Å². The standard InChI is InChI=1S/C12H18N2O2S/c1-2-12(5-3-4-6-12)8-14-11-13-7-9(17-11)10(15)16/h7H,2-6,8H2,1H3,(H,13,14)(H,15,16). The lowest BCUT2D eigenvalue weighted by Crippen LogP contribution is -2.25. The second-order valence-corrected chi connectivity index (χ2v) is 5.78. The first-order valence-corrected chi connectivity index (χ1v) is 6.90.